The molecule has 0 aliphatic rings. The number of benzene rings is 1. The highest BCUT2D eigenvalue weighted by atomic mass is 16.5. The largest absolute Gasteiger partial charge is 0.374 e. The lowest BCUT2D eigenvalue weighted by Crippen LogP contribution is -2.47. The molecular weight excluding hydrogens is 232 g/mol. The van der Waals surface area contributed by atoms with E-state index in [-0.39, 0.29) is 18.4 Å². The van der Waals surface area contributed by atoms with E-state index in [1.165, 1.54) is 14.0 Å². The van der Waals surface area contributed by atoms with Crippen LogP contribution in [0.3, 0.4) is 0 Å². The third-order valence-corrected chi connectivity index (χ3v) is 2.34. The van der Waals surface area contributed by atoms with Gasteiger partial charge in [-0.2, -0.15) is 0 Å². The van der Waals surface area contributed by atoms with Crippen molar-refractivity contribution in [3.63, 3.8) is 0 Å². The third kappa shape index (κ3) is 4.97. The summed E-state index contributed by atoms with van der Waals surface area (Å²) >= 11 is 0. The van der Waals surface area contributed by atoms with Gasteiger partial charge in [-0.05, 0) is 5.56 Å². The molecule has 0 heterocycles. The van der Waals surface area contributed by atoms with Crippen LogP contribution in [0, 0.1) is 0 Å². The van der Waals surface area contributed by atoms with E-state index >= 15 is 0 Å². The van der Waals surface area contributed by atoms with Gasteiger partial charge in [0.1, 0.15) is 6.04 Å². The molecule has 1 rings (SSSR count). The average molecular weight is 250 g/mol. The molecule has 2 amide bonds. The predicted molar refractivity (Wildman–Crippen MR) is 67.8 cm³/mol. The SMILES string of the molecule is CNC(=O)[C@H](COCc1ccccc1)NC(C)=O. The summed E-state index contributed by atoms with van der Waals surface area (Å²) in [6, 6.07) is 8.98. The van der Waals surface area contributed by atoms with Crippen molar-refractivity contribution >= 4 is 11.8 Å². The number of carbonyl (C=O) groups is 2. The summed E-state index contributed by atoms with van der Waals surface area (Å²) in [6.45, 7) is 1.93. The van der Waals surface area contributed by atoms with Crippen LogP contribution in [0.25, 0.3) is 0 Å². The van der Waals surface area contributed by atoms with Crippen molar-refractivity contribution in [1.82, 2.24) is 10.6 Å². The van der Waals surface area contributed by atoms with Crippen LogP contribution < -0.4 is 10.6 Å². The lowest BCUT2D eigenvalue weighted by Gasteiger charge is -2.16. The van der Waals surface area contributed by atoms with Crippen molar-refractivity contribution in [3.8, 4) is 0 Å². The van der Waals surface area contributed by atoms with Crippen molar-refractivity contribution in [2.24, 2.45) is 0 Å². The van der Waals surface area contributed by atoms with E-state index in [0.717, 1.165) is 5.56 Å². The van der Waals surface area contributed by atoms with Crippen LogP contribution in [0.1, 0.15) is 12.5 Å². The van der Waals surface area contributed by atoms with Crippen LogP contribution in [0.2, 0.25) is 0 Å². The molecule has 0 aliphatic carbocycles. The van der Waals surface area contributed by atoms with E-state index in [0.29, 0.717) is 6.61 Å². The Kier molecular flexibility index (Phi) is 5.87. The fourth-order valence-electron chi connectivity index (χ4n) is 1.47. The predicted octanol–water partition coefficient (Wildman–Crippen LogP) is 0.454. The quantitative estimate of drug-likeness (QED) is 0.770. The Bertz CT molecular complexity index is 392. The second-order valence-electron chi connectivity index (χ2n) is 3.87. The van der Waals surface area contributed by atoms with Gasteiger partial charge in [0.15, 0.2) is 0 Å². The van der Waals surface area contributed by atoms with E-state index in [1.807, 2.05) is 30.3 Å². The van der Waals surface area contributed by atoms with E-state index in [1.54, 1.807) is 0 Å². The molecule has 5 nitrogen and oxygen atoms in total. The minimum absolute atomic E-state index is 0.147. The fourth-order valence-corrected chi connectivity index (χ4v) is 1.47. The maximum absolute atomic E-state index is 11.5. The summed E-state index contributed by atoms with van der Waals surface area (Å²) in [5, 5.41) is 5.03. The number of ether oxygens (including phenoxy) is 1. The Hall–Kier alpha value is -1.88. The zero-order chi connectivity index (χ0) is 13.4. The summed E-state index contributed by atoms with van der Waals surface area (Å²) < 4.78 is 5.43. The molecule has 2 N–H and O–H groups in total. The van der Waals surface area contributed by atoms with E-state index in [9.17, 15) is 9.59 Å². The van der Waals surface area contributed by atoms with Gasteiger partial charge in [0.05, 0.1) is 13.2 Å². The Labute approximate surface area is 107 Å². The molecule has 0 saturated carbocycles. The Morgan fingerprint density at radius 3 is 2.50 bits per heavy atom. The molecule has 0 aliphatic heterocycles. The highest BCUT2D eigenvalue weighted by Crippen LogP contribution is 2.01. The van der Waals surface area contributed by atoms with Crippen molar-refractivity contribution in [2.45, 2.75) is 19.6 Å². The van der Waals surface area contributed by atoms with Crippen LogP contribution in [-0.2, 0) is 20.9 Å². The van der Waals surface area contributed by atoms with Crippen LogP contribution in [0.15, 0.2) is 30.3 Å². The van der Waals surface area contributed by atoms with Gasteiger partial charge in [-0.3, -0.25) is 9.59 Å². The molecule has 1 atom stereocenters. The summed E-state index contributed by atoms with van der Waals surface area (Å²) in [7, 11) is 1.52. The van der Waals surface area contributed by atoms with Gasteiger partial charge in [0.2, 0.25) is 11.8 Å². The molecule has 0 bridgehead atoms. The number of rotatable bonds is 6. The minimum atomic E-state index is -0.656. The lowest BCUT2D eigenvalue weighted by atomic mass is 10.2. The topological polar surface area (TPSA) is 67.4 Å². The van der Waals surface area contributed by atoms with Gasteiger partial charge < -0.3 is 15.4 Å². The van der Waals surface area contributed by atoms with Gasteiger partial charge in [-0.1, -0.05) is 30.3 Å². The monoisotopic (exact) mass is 250 g/mol. The smallest absolute Gasteiger partial charge is 0.244 e. The van der Waals surface area contributed by atoms with E-state index in [4.69, 9.17) is 4.74 Å². The molecule has 5 heteroatoms. The van der Waals surface area contributed by atoms with E-state index in [2.05, 4.69) is 10.6 Å². The molecule has 0 radical (unpaired) electrons. The standard InChI is InChI=1S/C13H18N2O3/c1-10(16)15-12(13(17)14-2)9-18-8-11-6-4-3-5-7-11/h3-7,12H,8-9H2,1-2H3,(H,14,17)(H,15,16)/t12-/m0/s1. The first-order valence-electron chi connectivity index (χ1n) is 5.74. The van der Waals surface area contributed by atoms with Gasteiger partial charge in [0.25, 0.3) is 0 Å². The molecule has 98 valence electrons. The maximum atomic E-state index is 11.5. The second-order valence-corrected chi connectivity index (χ2v) is 3.87. The average Bonchev–Trinajstić information content (AvgIpc) is 2.37. The number of hydrogen-bond acceptors (Lipinski definition) is 3. The Balaban J connectivity index is 2.42. The maximum Gasteiger partial charge on any atom is 0.244 e. The van der Waals surface area contributed by atoms with Crippen LogP contribution >= 0.6 is 0 Å². The highest BCUT2D eigenvalue weighted by Gasteiger charge is 2.17. The number of amides is 2. The lowest BCUT2D eigenvalue weighted by molar-refractivity contribution is -0.129. The van der Waals surface area contributed by atoms with Gasteiger partial charge in [0, 0.05) is 14.0 Å². The van der Waals surface area contributed by atoms with Crippen LogP contribution in [-0.4, -0.2) is 31.5 Å². The molecule has 18 heavy (non-hydrogen) atoms. The second kappa shape index (κ2) is 7.45. The first-order chi connectivity index (χ1) is 8.63. The van der Waals surface area contributed by atoms with Crippen LogP contribution in [0.4, 0.5) is 0 Å². The number of hydrogen-bond donors (Lipinski definition) is 2. The van der Waals surface area contributed by atoms with Crippen LogP contribution in [0.5, 0.6) is 0 Å². The third-order valence-electron chi connectivity index (χ3n) is 2.34. The fraction of sp³-hybridized carbons (Fsp3) is 0.385. The van der Waals surface area contributed by atoms with Crippen molar-refractivity contribution in [2.75, 3.05) is 13.7 Å². The van der Waals surface area contributed by atoms with E-state index < -0.39 is 6.04 Å². The summed E-state index contributed by atoms with van der Waals surface area (Å²) in [5.41, 5.74) is 1.02. The van der Waals surface area contributed by atoms with Gasteiger partial charge in [-0.15, -0.1) is 0 Å². The van der Waals surface area contributed by atoms with Gasteiger partial charge in [-0.25, -0.2) is 0 Å². The molecule has 0 fully saturated rings. The van der Waals surface area contributed by atoms with Crippen molar-refractivity contribution in [1.29, 1.82) is 0 Å². The molecule has 0 saturated heterocycles. The van der Waals surface area contributed by atoms with Crippen molar-refractivity contribution < 1.29 is 14.3 Å². The zero-order valence-electron chi connectivity index (χ0n) is 10.6. The zero-order valence-corrected chi connectivity index (χ0v) is 10.6. The molecule has 1 aromatic carbocycles. The first-order valence-corrected chi connectivity index (χ1v) is 5.74. The highest BCUT2D eigenvalue weighted by molar-refractivity contribution is 5.86. The summed E-state index contributed by atoms with van der Waals surface area (Å²) in [5.74, 6) is -0.523. The molecule has 1 aromatic rings. The summed E-state index contributed by atoms with van der Waals surface area (Å²) in [6.07, 6.45) is 0. The number of likely N-dealkylation sites (N-methyl/N-ethyl adjacent to an activating group) is 1. The number of nitrogens with one attached hydrogen (secondary N) is 2. The Morgan fingerprint density at radius 1 is 1.28 bits per heavy atom. The summed E-state index contributed by atoms with van der Waals surface area (Å²) in [4.78, 5) is 22.4. The minimum Gasteiger partial charge on any atom is -0.374 e. The van der Waals surface area contributed by atoms with Crippen molar-refractivity contribution in [3.05, 3.63) is 35.9 Å². The molecular formula is C13H18N2O3. The molecule has 0 unspecified atom stereocenters. The molecule has 0 aromatic heterocycles. The first kappa shape index (κ1) is 14.2. The number of carbonyl (C=O) groups excluding carboxylic acids is 2. The Morgan fingerprint density at radius 2 is 1.94 bits per heavy atom. The molecule has 0 spiro atoms. The normalized spacial score (nSPS) is 11.7. The van der Waals surface area contributed by atoms with Gasteiger partial charge >= 0.3 is 0 Å².